The first kappa shape index (κ1) is 13.2. The molecular weight excluding hydrogens is 337 g/mol. The van der Waals surface area contributed by atoms with Gasteiger partial charge in [0.05, 0.1) is 7.11 Å². The minimum atomic E-state index is 0.287. The van der Waals surface area contributed by atoms with Crippen LogP contribution in [0.3, 0.4) is 0 Å². The summed E-state index contributed by atoms with van der Waals surface area (Å²) in [4.78, 5) is 0. The van der Waals surface area contributed by atoms with Crippen molar-refractivity contribution in [2.75, 3.05) is 12.4 Å². The number of ether oxygens (including phenoxy) is 1. The van der Waals surface area contributed by atoms with Crippen LogP contribution in [0, 0.1) is 3.57 Å². The standard InChI is InChI=1S/C15H16INO/c1-11(12-3-5-13(16)6-4-12)17-14-7-9-15(18-2)10-8-14/h3-11,17H,1-2H3. The molecule has 0 aliphatic carbocycles. The molecule has 0 aliphatic rings. The molecule has 0 bridgehead atoms. The van der Waals surface area contributed by atoms with E-state index in [4.69, 9.17) is 4.74 Å². The lowest BCUT2D eigenvalue weighted by molar-refractivity contribution is 0.415. The number of rotatable bonds is 4. The van der Waals surface area contributed by atoms with Gasteiger partial charge in [-0.2, -0.15) is 0 Å². The van der Waals surface area contributed by atoms with Crippen molar-refractivity contribution in [3.05, 3.63) is 57.7 Å². The van der Waals surface area contributed by atoms with Crippen LogP contribution in [0.25, 0.3) is 0 Å². The topological polar surface area (TPSA) is 21.3 Å². The van der Waals surface area contributed by atoms with E-state index in [0.29, 0.717) is 0 Å². The molecule has 0 aromatic heterocycles. The summed E-state index contributed by atoms with van der Waals surface area (Å²) in [6.45, 7) is 2.16. The quantitative estimate of drug-likeness (QED) is 0.819. The number of benzene rings is 2. The summed E-state index contributed by atoms with van der Waals surface area (Å²) in [7, 11) is 1.68. The second-order valence-electron chi connectivity index (χ2n) is 4.15. The Balaban J connectivity index is 2.05. The predicted octanol–water partition coefficient (Wildman–Crippen LogP) is 4.47. The van der Waals surface area contributed by atoms with Gasteiger partial charge in [-0.3, -0.25) is 0 Å². The van der Waals surface area contributed by atoms with Crippen molar-refractivity contribution in [3.63, 3.8) is 0 Å². The number of hydrogen-bond donors (Lipinski definition) is 1. The van der Waals surface area contributed by atoms with Gasteiger partial charge in [-0.05, 0) is 71.5 Å². The number of hydrogen-bond acceptors (Lipinski definition) is 2. The Morgan fingerprint density at radius 2 is 1.61 bits per heavy atom. The van der Waals surface area contributed by atoms with Crippen LogP contribution in [0.4, 0.5) is 5.69 Å². The number of anilines is 1. The van der Waals surface area contributed by atoms with Gasteiger partial charge in [-0.1, -0.05) is 12.1 Å². The zero-order chi connectivity index (χ0) is 13.0. The van der Waals surface area contributed by atoms with Crippen LogP contribution in [0.5, 0.6) is 5.75 Å². The Morgan fingerprint density at radius 3 is 2.17 bits per heavy atom. The van der Waals surface area contributed by atoms with Crippen molar-refractivity contribution in [2.45, 2.75) is 13.0 Å². The molecule has 0 aliphatic heterocycles. The van der Waals surface area contributed by atoms with Crippen molar-refractivity contribution in [1.29, 1.82) is 0 Å². The van der Waals surface area contributed by atoms with Gasteiger partial charge in [0, 0.05) is 15.3 Å². The highest BCUT2D eigenvalue weighted by atomic mass is 127. The molecule has 0 heterocycles. The zero-order valence-corrected chi connectivity index (χ0v) is 12.6. The lowest BCUT2D eigenvalue weighted by Gasteiger charge is -2.16. The molecule has 0 saturated heterocycles. The average molecular weight is 353 g/mol. The van der Waals surface area contributed by atoms with Gasteiger partial charge in [0.15, 0.2) is 0 Å². The lowest BCUT2D eigenvalue weighted by atomic mass is 10.1. The molecular formula is C15H16INO. The van der Waals surface area contributed by atoms with Gasteiger partial charge in [0.25, 0.3) is 0 Å². The fourth-order valence-electron chi connectivity index (χ4n) is 1.77. The van der Waals surface area contributed by atoms with E-state index in [-0.39, 0.29) is 6.04 Å². The van der Waals surface area contributed by atoms with Crippen LogP contribution in [0.15, 0.2) is 48.5 Å². The van der Waals surface area contributed by atoms with Crippen LogP contribution in [0.2, 0.25) is 0 Å². The van der Waals surface area contributed by atoms with E-state index in [1.165, 1.54) is 9.13 Å². The molecule has 2 rings (SSSR count). The second-order valence-corrected chi connectivity index (χ2v) is 5.39. The third-order valence-electron chi connectivity index (χ3n) is 2.84. The maximum absolute atomic E-state index is 5.14. The molecule has 3 heteroatoms. The zero-order valence-electron chi connectivity index (χ0n) is 10.5. The Hall–Kier alpha value is -1.23. The van der Waals surface area contributed by atoms with E-state index < -0.39 is 0 Å². The highest BCUT2D eigenvalue weighted by Crippen LogP contribution is 2.22. The van der Waals surface area contributed by atoms with Crippen molar-refractivity contribution >= 4 is 28.3 Å². The summed E-state index contributed by atoms with van der Waals surface area (Å²) in [6, 6.07) is 16.8. The fourth-order valence-corrected chi connectivity index (χ4v) is 2.13. The third-order valence-corrected chi connectivity index (χ3v) is 3.56. The molecule has 1 atom stereocenters. The minimum absolute atomic E-state index is 0.287. The van der Waals surface area contributed by atoms with Crippen molar-refractivity contribution < 1.29 is 4.74 Å². The van der Waals surface area contributed by atoms with Crippen LogP contribution < -0.4 is 10.1 Å². The lowest BCUT2D eigenvalue weighted by Crippen LogP contribution is -2.06. The first-order valence-electron chi connectivity index (χ1n) is 5.85. The molecule has 0 fully saturated rings. The molecule has 1 unspecified atom stereocenters. The molecule has 18 heavy (non-hydrogen) atoms. The van der Waals surface area contributed by atoms with Crippen LogP contribution >= 0.6 is 22.6 Å². The Kier molecular flexibility index (Phi) is 4.47. The maximum atomic E-state index is 5.14. The van der Waals surface area contributed by atoms with E-state index in [2.05, 4.69) is 59.1 Å². The molecule has 0 spiro atoms. The van der Waals surface area contributed by atoms with Gasteiger partial charge in [-0.15, -0.1) is 0 Å². The Bertz CT molecular complexity index is 493. The van der Waals surface area contributed by atoms with E-state index >= 15 is 0 Å². The SMILES string of the molecule is COc1ccc(NC(C)c2ccc(I)cc2)cc1. The molecule has 0 saturated carbocycles. The maximum Gasteiger partial charge on any atom is 0.119 e. The normalized spacial score (nSPS) is 11.9. The van der Waals surface area contributed by atoms with Crippen LogP contribution in [-0.2, 0) is 0 Å². The molecule has 94 valence electrons. The number of nitrogens with one attached hydrogen (secondary N) is 1. The summed E-state index contributed by atoms with van der Waals surface area (Å²) >= 11 is 2.32. The molecule has 1 N–H and O–H groups in total. The summed E-state index contributed by atoms with van der Waals surface area (Å²) in [6.07, 6.45) is 0. The fraction of sp³-hybridized carbons (Fsp3) is 0.200. The van der Waals surface area contributed by atoms with Gasteiger partial charge < -0.3 is 10.1 Å². The first-order chi connectivity index (χ1) is 8.69. The molecule has 2 aromatic rings. The number of methoxy groups -OCH3 is 1. The smallest absolute Gasteiger partial charge is 0.119 e. The van der Waals surface area contributed by atoms with Gasteiger partial charge in [0.1, 0.15) is 5.75 Å². The Morgan fingerprint density at radius 1 is 1.00 bits per heavy atom. The van der Waals surface area contributed by atoms with Gasteiger partial charge >= 0.3 is 0 Å². The predicted molar refractivity (Wildman–Crippen MR) is 84.2 cm³/mol. The van der Waals surface area contributed by atoms with Crippen LogP contribution in [-0.4, -0.2) is 7.11 Å². The summed E-state index contributed by atoms with van der Waals surface area (Å²) in [5.74, 6) is 0.877. The molecule has 2 aromatic carbocycles. The third kappa shape index (κ3) is 3.38. The van der Waals surface area contributed by atoms with Crippen molar-refractivity contribution in [3.8, 4) is 5.75 Å². The monoisotopic (exact) mass is 353 g/mol. The highest BCUT2D eigenvalue weighted by Gasteiger charge is 2.04. The summed E-state index contributed by atoms with van der Waals surface area (Å²) < 4.78 is 6.40. The van der Waals surface area contributed by atoms with E-state index in [1.807, 2.05) is 24.3 Å². The second kappa shape index (κ2) is 6.09. The summed E-state index contributed by atoms with van der Waals surface area (Å²) in [5, 5.41) is 3.47. The van der Waals surface area contributed by atoms with Crippen molar-refractivity contribution in [2.24, 2.45) is 0 Å². The molecule has 0 radical (unpaired) electrons. The average Bonchev–Trinajstić information content (AvgIpc) is 2.40. The number of halogens is 1. The van der Waals surface area contributed by atoms with E-state index in [9.17, 15) is 0 Å². The largest absolute Gasteiger partial charge is 0.497 e. The highest BCUT2D eigenvalue weighted by molar-refractivity contribution is 14.1. The van der Waals surface area contributed by atoms with Crippen LogP contribution in [0.1, 0.15) is 18.5 Å². The summed E-state index contributed by atoms with van der Waals surface area (Å²) in [5.41, 5.74) is 2.38. The molecule has 0 amide bonds. The van der Waals surface area contributed by atoms with E-state index in [0.717, 1.165) is 11.4 Å². The van der Waals surface area contributed by atoms with Gasteiger partial charge in [0.2, 0.25) is 0 Å². The minimum Gasteiger partial charge on any atom is -0.497 e. The van der Waals surface area contributed by atoms with Crippen molar-refractivity contribution in [1.82, 2.24) is 0 Å². The molecule has 2 nitrogen and oxygen atoms in total. The Labute approximate surface area is 122 Å². The first-order valence-corrected chi connectivity index (χ1v) is 6.93. The van der Waals surface area contributed by atoms with E-state index in [1.54, 1.807) is 7.11 Å². The van der Waals surface area contributed by atoms with Gasteiger partial charge in [-0.25, -0.2) is 0 Å².